The highest BCUT2D eigenvalue weighted by molar-refractivity contribution is 6.20. The van der Waals surface area contributed by atoms with Crippen LogP contribution in [0, 0.1) is 6.92 Å². The van der Waals surface area contributed by atoms with E-state index < -0.39 is 5.97 Å². The molecule has 0 radical (unpaired) electrons. The van der Waals surface area contributed by atoms with E-state index in [-0.39, 0.29) is 18.1 Å². The van der Waals surface area contributed by atoms with Crippen LogP contribution in [0.5, 0.6) is 0 Å². The minimum Gasteiger partial charge on any atom is -0.461 e. The van der Waals surface area contributed by atoms with Crippen LogP contribution < -0.4 is 0 Å². The minimum atomic E-state index is -0.488. The summed E-state index contributed by atoms with van der Waals surface area (Å²) in [5.74, 6) is -0.538. The molecule has 6 heteroatoms. The molecule has 0 aliphatic heterocycles. The number of fused-ring (bicyclic) bond motifs is 1. The molecule has 2 heterocycles. The zero-order valence-corrected chi connectivity index (χ0v) is 13.5. The van der Waals surface area contributed by atoms with Crippen molar-refractivity contribution in [3.8, 4) is 0 Å². The molecule has 2 aromatic rings. The van der Waals surface area contributed by atoms with E-state index in [0.717, 1.165) is 0 Å². The number of rotatable bonds is 6. The van der Waals surface area contributed by atoms with E-state index in [1.807, 2.05) is 0 Å². The van der Waals surface area contributed by atoms with Gasteiger partial charge < -0.3 is 4.74 Å². The summed E-state index contributed by atoms with van der Waals surface area (Å²) in [5, 5.41) is 4.40. The van der Waals surface area contributed by atoms with E-state index in [2.05, 4.69) is 16.7 Å². The molecule has 0 spiro atoms. The third-order valence-electron chi connectivity index (χ3n) is 3.30. The molecule has 0 aliphatic carbocycles. The van der Waals surface area contributed by atoms with Crippen LogP contribution in [-0.4, -0.2) is 33.0 Å². The minimum absolute atomic E-state index is 0.0497. The van der Waals surface area contributed by atoms with E-state index in [4.69, 9.17) is 4.74 Å². The smallest absolute Gasteiger partial charge is 0.358 e. The molecular formula is C17H19N3O3. The molecule has 0 fully saturated rings. The quantitative estimate of drug-likeness (QED) is 0.466. The summed E-state index contributed by atoms with van der Waals surface area (Å²) < 4.78 is 6.47. The van der Waals surface area contributed by atoms with Crippen molar-refractivity contribution in [3.63, 3.8) is 0 Å². The lowest BCUT2D eigenvalue weighted by Gasteiger charge is -2.06. The van der Waals surface area contributed by atoms with E-state index in [9.17, 15) is 9.59 Å². The van der Waals surface area contributed by atoms with Crippen molar-refractivity contribution >= 4 is 23.0 Å². The SMILES string of the molecule is C=C/C=C(\C(=O)CC)c1ccc2nc(C)c(C(=O)OCC)n2n1. The summed E-state index contributed by atoms with van der Waals surface area (Å²) in [4.78, 5) is 28.5. The van der Waals surface area contributed by atoms with Crippen LogP contribution in [-0.2, 0) is 9.53 Å². The first-order valence-corrected chi connectivity index (χ1v) is 7.43. The van der Waals surface area contributed by atoms with Crippen LogP contribution >= 0.6 is 0 Å². The number of Topliss-reactive ketones (excluding diaryl/α,β-unsaturated/α-hetero) is 1. The maximum Gasteiger partial charge on any atom is 0.358 e. The van der Waals surface area contributed by atoms with E-state index in [1.165, 1.54) is 4.52 Å². The highest BCUT2D eigenvalue weighted by Crippen LogP contribution is 2.18. The van der Waals surface area contributed by atoms with Gasteiger partial charge in [-0.1, -0.05) is 19.6 Å². The number of esters is 1. The third-order valence-corrected chi connectivity index (χ3v) is 3.30. The van der Waals surface area contributed by atoms with Gasteiger partial charge in [0.25, 0.3) is 0 Å². The Labute approximate surface area is 134 Å². The van der Waals surface area contributed by atoms with E-state index in [0.29, 0.717) is 29.0 Å². The Morgan fingerprint density at radius 3 is 2.70 bits per heavy atom. The van der Waals surface area contributed by atoms with Crippen molar-refractivity contribution < 1.29 is 14.3 Å². The molecule has 0 bridgehead atoms. The van der Waals surface area contributed by atoms with Crippen LogP contribution in [0.3, 0.4) is 0 Å². The predicted molar refractivity (Wildman–Crippen MR) is 87.2 cm³/mol. The van der Waals surface area contributed by atoms with Crippen molar-refractivity contribution in [2.24, 2.45) is 0 Å². The standard InChI is InChI=1S/C17H19N3O3/c1-5-8-12(14(21)6-2)13-9-10-15-18-11(4)16(20(15)19-13)17(22)23-7-3/h5,8-10H,1,6-7H2,2-4H3/b12-8-. The van der Waals surface area contributed by atoms with Crippen molar-refractivity contribution in [2.75, 3.05) is 6.61 Å². The molecule has 6 nitrogen and oxygen atoms in total. The van der Waals surface area contributed by atoms with Gasteiger partial charge in [-0.15, -0.1) is 0 Å². The highest BCUT2D eigenvalue weighted by atomic mass is 16.5. The number of hydrogen-bond acceptors (Lipinski definition) is 5. The summed E-state index contributed by atoms with van der Waals surface area (Å²) >= 11 is 0. The largest absolute Gasteiger partial charge is 0.461 e. The van der Waals surface area contributed by atoms with Gasteiger partial charge in [-0.3, -0.25) is 4.79 Å². The molecule has 0 amide bonds. The number of ether oxygens (including phenoxy) is 1. The number of allylic oxidation sites excluding steroid dienone is 3. The van der Waals surface area contributed by atoms with E-state index >= 15 is 0 Å². The first-order chi connectivity index (χ1) is 11.0. The second-order valence-electron chi connectivity index (χ2n) is 4.85. The predicted octanol–water partition coefficient (Wildman–Crippen LogP) is 2.76. The molecule has 0 aliphatic rings. The fourth-order valence-electron chi connectivity index (χ4n) is 2.25. The van der Waals surface area contributed by atoms with Gasteiger partial charge in [-0.05, 0) is 32.1 Å². The van der Waals surface area contributed by atoms with Crippen LogP contribution in [0.15, 0.2) is 30.9 Å². The molecule has 0 saturated heterocycles. The Hall–Kier alpha value is -2.76. The van der Waals surface area contributed by atoms with Gasteiger partial charge in [0.05, 0.1) is 18.0 Å². The lowest BCUT2D eigenvalue weighted by molar-refractivity contribution is -0.113. The first-order valence-electron chi connectivity index (χ1n) is 7.43. The number of ketones is 1. The number of nitrogens with zero attached hydrogens (tertiary/aromatic N) is 3. The Morgan fingerprint density at radius 1 is 1.35 bits per heavy atom. The van der Waals surface area contributed by atoms with Crippen molar-refractivity contribution in [1.29, 1.82) is 0 Å². The van der Waals surface area contributed by atoms with Gasteiger partial charge >= 0.3 is 5.97 Å². The monoisotopic (exact) mass is 313 g/mol. The number of aryl methyl sites for hydroxylation is 1. The zero-order chi connectivity index (χ0) is 17.0. The second kappa shape index (κ2) is 7.00. The molecule has 0 N–H and O–H groups in total. The van der Waals surface area contributed by atoms with Gasteiger partial charge in [-0.2, -0.15) is 5.10 Å². The number of aromatic nitrogens is 3. The van der Waals surface area contributed by atoms with Crippen LogP contribution in [0.1, 0.15) is 42.1 Å². The molecule has 120 valence electrons. The van der Waals surface area contributed by atoms with Crippen LogP contribution in [0.25, 0.3) is 11.2 Å². The van der Waals surface area contributed by atoms with E-state index in [1.54, 1.807) is 45.1 Å². The molecule has 23 heavy (non-hydrogen) atoms. The Morgan fingerprint density at radius 2 is 2.09 bits per heavy atom. The molecule has 0 unspecified atom stereocenters. The molecule has 0 saturated carbocycles. The topological polar surface area (TPSA) is 73.6 Å². The summed E-state index contributed by atoms with van der Waals surface area (Å²) in [6, 6.07) is 3.43. The summed E-state index contributed by atoms with van der Waals surface area (Å²) in [6.45, 7) is 9.13. The van der Waals surface area contributed by atoms with Gasteiger partial charge in [-0.25, -0.2) is 14.3 Å². The number of carbonyl (C=O) groups excluding carboxylic acids is 2. The van der Waals surface area contributed by atoms with Crippen molar-refractivity contribution in [3.05, 3.63) is 47.9 Å². The number of imidazole rings is 1. The lowest BCUT2D eigenvalue weighted by atomic mass is 10.1. The summed E-state index contributed by atoms with van der Waals surface area (Å²) in [6.07, 6.45) is 3.51. The fraction of sp³-hybridized carbons (Fsp3) is 0.294. The van der Waals surface area contributed by atoms with Crippen molar-refractivity contribution in [1.82, 2.24) is 14.6 Å². The Kier molecular flexibility index (Phi) is 5.05. The van der Waals surface area contributed by atoms with Gasteiger partial charge in [0, 0.05) is 12.0 Å². The highest BCUT2D eigenvalue weighted by Gasteiger charge is 2.20. The fourth-order valence-corrected chi connectivity index (χ4v) is 2.25. The van der Waals surface area contributed by atoms with Crippen LogP contribution in [0.2, 0.25) is 0 Å². The molecular weight excluding hydrogens is 294 g/mol. The lowest BCUT2D eigenvalue weighted by Crippen LogP contribution is -2.12. The maximum atomic E-state index is 12.1. The summed E-state index contributed by atoms with van der Waals surface area (Å²) in [5.41, 5.74) is 2.24. The zero-order valence-electron chi connectivity index (χ0n) is 13.5. The van der Waals surface area contributed by atoms with Crippen molar-refractivity contribution in [2.45, 2.75) is 27.2 Å². The number of carbonyl (C=O) groups is 2. The second-order valence-corrected chi connectivity index (χ2v) is 4.85. The Balaban J connectivity index is 2.63. The molecule has 2 aromatic heterocycles. The number of hydrogen-bond donors (Lipinski definition) is 0. The average Bonchev–Trinajstić information content (AvgIpc) is 2.87. The molecule has 2 rings (SSSR count). The average molecular weight is 313 g/mol. The Bertz CT molecular complexity index is 803. The van der Waals surface area contributed by atoms with Gasteiger partial charge in [0.2, 0.25) is 0 Å². The first kappa shape index (κ1) is 16.6. The van der Waals surface area contributed by atoms with Gasteiger partial charge in [0.15, 0.2) is 17.1 Å². The molecule has 0 atom stereocenters. The third kappa shape index (κ3) is 3.21. The van der Waals surface area contributed by atoms with Gasteiger partial charge in [0.1, 0.15) is 0 Å². The maximum absolute atomic E-state index is 12.1. The normalized spacial score (nSPS) is 11.5. The molecule has 0 aromatic carbocycles. The summed E-state index contributed by atoms with van der Waals surface area (Å²) in [7, 11) is 0. The van der Waals surface area contributed by atoms with Crippen LogP contribution in [0.4, 0.5) is 0 Å².